The maximum atomic E-state index is 5.87. The molecule has 2 rings (SSSR count). The van der Waals surface area contributed by atoms with E-state index in [4.69, 9.17) is 16.1 Å². The Balaban J connectivity index is 0.00000288. The van der Waals surface area contributed by atoms with Crippen molar-refractivity contribution in [2.45, 2.75) is 32.7 Å². The van der Waals surface area contributed by atoms with Crippen LogP contribution in [0.1, 0.15) is 26.7 Å². The normalized spacial score (nSPS) is 11.8. The number of nitrogens with one attached hydrogen (secondary N) is 2. The summed E-state index contributed by atoms with van der Waals surface area (Å²) in [6.45, 7) is 6.89. The number of hydrogen-bond donors (Lipinski definition) is 2. The van der Waals surface area contributed by atoms with Gasteiger partial charge in [-0.1, -0.05) is 16.8 Å². The van der Waals surface area contributed by atoms with E-state index >= 15 is 0 Å². The Bertz CT molecular complexity index is 664. The number of nitrogens with zero attached hydrogens (tertiary/aromatic N) is 3. The van der Waals surface area contributed by atoms with Crippen molar-refractivity contribution in [3.8, 4) is 11.4 Å². The first-order chi connectivity index (χ1) is 10.9. The molecule has 0 amide bonds. The third-order valence-corrected chi connectivity index (χ3v) is 3.17. The summed E-state index contributed by atoms with van der Waals surface area (Å²) >= 11 is 5.87. The summed E-state index contributed by atoms with van der Waals surface area (Å²) in [5.41, 5.74) is 0.830. The Morgan fingerprint density at radius 1 is 1.25 bits per heavy atom. The molecule has 6 nitrogen and oxygen atoms in total. The number of aromatic nitrogens is 2. The highest BCUT2D eigenvalue weighted by atomic mass is 127. The fourth-order valence-electron chi connectivity index (χ4n) is 1.89. The molecule has 1 aromatic heterocycles. The molecular formula is C16H23ClIN5O. The second-order valence-electron chi connectivity index (χ2n) is 6.14. The molecule has 8 heteroatoms. The summed E-state index contributed by atoms with van der Waals surface area (Å²) in [4.78, 5) is 8.57. The van der Waals surface area contributed by atoms with Crippen molar-refractivity contribution >= 4 is 41.5 Å². The van der Waals surface area contributed by atoms with Crippen LogP contribution in [0.25, 0.3) is 11.4 Å². The zero-order chi connectivity index (χ0) is 16.9. The van der Waals surface area contributed by atoms with E-state index in [-0.39, 0.29) is 29.5 Å². The second kappa shape index (κ2) is 9.22. The highest BCUT2D eigenvalue weighted by Gasteiger charge is 2.12. The van der Waals surface area contributed by atoms with Gasteiger partial charge >= 0.3 is 0 Å². The minimum absolute atomic E-state index is 0. The van der Waals surface area contributed by atoms with E-state index in [9.17, 15) is 0 Å². The standard InChI is InChI=1S/C16H22ClN5O.HI/c1-16(2,3)21-15(18-4)19-10-9-13-20-14(22-23-13)11-5-7-12(17)8-6-11;/h5-8H,9-10H2,1-4H3,(H2,18,19,21);1H. The molecule has 2 aromatic rings. The lowest BCUT2D eigenvalue weighted by Crippen LogP contribution is -2.48. The van der Waals surface area contributed by atoms with Gasteiger partial charge in [0.05, 0.1) is 0 Å². The quantitative estimate of drug-likeness (QED) is 0.412. The van der Waals surface area contributed by atoms with Crippen LogP contribution in [0.2, 0.25) is 5.02 Å². The van der Waals surface area contributed by atoms with E-state index in [1.807, 2.05) is 12.1 Å². The molecule has 132 valence electrons. The molecule has 1 heterocycles. The van der Waals surface area contributed by atoms with Gasteiger partial charge in [-0.3, -0.25) is 4.99 Å². The van der Waals surface area contributed by atoms with Gasteiger partial charge in [0.15, 0.2) is 5.96 Å². The fraction of sp³-hybridized carbons (Fsp3) is 0.438. The fourth-order valence-corrected chi connectivity index (χ4v) is 2.02. The predicted molar refractivity (Wildman–Crippen MR) is 108 cm³/mol. The Morgan fingerprint density at radius 3 is 2.50 bits per heavy atom. The van der Waals surface area contributed by atoms with Gasteiger partial charge in [-0.15, -0.1) is 24.0 Å². The van der Waals surface area contributed by atoms with E-state index in [0.717, 1.165) is 11.5 Å². The van der Waals surface area contributed by atoms with Gasteiger partial charge in [0.1, 0.15) is 0 Å². The lowest BCUT2D eigenvalue weighted by Gasteiger charge is -2.23. The first-order valence-electron chi connectivity index (χ1n) is 7.45. The highest BCUT2D eigenvalue weighted by molar-refractivity contribution is 14.0. The van der Waals surface area contributed by atoms with Crippen molar-refractivity contribution in [1.82, 2.24) is 20.8 Å². The third kappa shape index (κ3) is 6.64. The average molecular weight is 464 g/mol. The van der Waals surface area contributed by atoms with E-state index in [1.165, 1.54) is 0 Å². The van der Waals surface area contributed by atoms with Crippen molar-refractivity contribution in [3.63, 3.8) is 0 Å². The van der Waals surface area contributed by atoms with Crippen molar-refractivity contribution in [3.05, 3.63) is 35.2 Å². The van der Waals surface area contributed by atoms with Crippen LogP contribution in [-0.2, 0) is 6.42 Å². The van der Waals surface area contributed by atoms with E-state index in [2.05, 4.69) is 46.5 Å². The zero-order valence-corrected chi connectivity index (χ0v) is 17.3. The zero-order valence-electron chi connectivity index (χ0n) is 14.3. The van der Waals surface area contributed by atoms with Crippen LogP contribution >= 0.6 is 35.6 Å². The van der Waals surface area contributed by atoms with Crippen LogP contribution in [0.4, 0.5) is 0 Å². The maximum absolute atomic E-state index is 5.87. The van der Waals surface area contributed by atoms with Gasteiger partial charge in [0, 0.05) is 36.1 Å². The molecule has 0 aliphatic heterocycles. The molecule has 24 heavy (non-hydrogen) atoms. The number of halogens is 2. The smallest absolute Gasteiger partial charge is 0.228 e. The molecule has 0 fully saturated rings. The van der Waals surface area contributed by atoms with Crippen molar-refractivity contribution < 1.29 is 4.52 Å². The lowest BCUT2D eigenvalue weighted by atomic mass is 10.1. The molecule has 0 saturated heterocycles. The molecule has 2 N–H and O–H groups in total. The maximum Gasteiger partial charge on any atom is 0.228 e. The molecule has 0 atom stereocenters. The van der Waals surface area contributed by atoms with Gasteiger partial charge in [-0.25, -0.2) is 0 Å². The topological polar surface area (TPSA) is 75.3 Å². The summed E-state index contributed by atoms with van der Waals surface area (Å²) < 4.78 is 5.27. The van der Waals surface area contributed by atoms with Crippen LogP contribution < -0.4 is 10.6 Å². The highest BCUT2D eigenvalue weighted by Crippen LogP contribution is 2.18. The third-order valence-electron chi connectivity index (χ3n) is 2.92. The summed E-state index contributed by atoms with van der Waals surface area (Å²) in [5, 5.41) is 11.2. The Kier molecular flexibility index (Phi) is 7.95. The van der Waals surface area contributed by atoms with Crippen molar-refractivity contribution in [1.29, 1.82) is 0 Å². The first kappa shape index (κ1) is 20.7. The predicted octanol–water partition coefficient (Wildman–Crippen LogP) is 3.51. The van der Waals surface area contributed by atoms with Gasteiger partial charge < -0.3 is 15.2 Å². The lowest BCUT2D eigenvalue weighted by molar-refractivity contribution is 0.378. The van der Waals surface area contributed by atoms with Crippen LogP contribution in [0.5, 0.6) is 0 Å². The minimum Gasteiger partial charge on any atom is -0.356 e. The van der Waals surface area contributed by atoms with Crippen molar-refractivity contribution in [2.75, 3.05) is 13.6 Å². The molecule has 0 bridgehead atoms. The Labute approximate surface area is 164 Å². The Hall–Kier alpha value is -1.35. The van der Waals surface area contributed by atoms with E-state index in [0.29, 0.717) is 29.7 Å². The van der Waals surface area contributed by atoms with Crippen LogP contribution in [0.15, 0.2) is 33.8 Å². The van der Waals surface area contributed by atoms with Gasteiger partial charge in [-0.05, 0) is 45.0 Å². The van der Waals surface area contributed by atoms with E-state index < -0.39 is 0 Å². The monoisotopic (exact) mass is 463 g/mol. The van der Waals surface area contributed by atoms with Crippen LogP contribution in [-0.4, -0.2) is 35.2 Å². The molecule has 0 unspecified atom stereocenters. The molecule has 0 saturated carbocycles. The number of rotatable bonds is 4. The molecule has 1 aromatic carbocycles. The van der Waals surface area contributed by atoms with Crippen LogP contribution in [0, 0.1) is 0 Å². The van der Waals surface area contributed by atoms with Gasteiger partial charge in [0.25, 0.3) is 0 Å². The molecule has 0 aliphatic rings. The second-order valence-corrected chi connectivity index (χ2v) is 6.58. The van der Waals surface area contributed by atoms with Crippen LogP contribution in [0.3, 0.4) is 0 Å². The summed E-state index contributed by atoms with van der Waals surface area (Å²) in [6, 6.07) is 7.34. The number of benzene rings is 1. The number of hydrogen-bond acceptors (Lipinski definition) is 4. The average Bonchev–Trinajstić information content (AvgIpc) is 2.94. The van der Waals surface area contributed by atoms with Crippen molar-refractivity contribution in [2.24, 2.45) is 4.99 Å². The number of aliphatic imine (C=N–C) groups is 1. The SMILES string of the molecule is CN=C(NCCc1nc(-c2ccc(Cl)cc2)no1)NC(C)(C)C.I. The summed E-state index contributed by atoms with van der Waals surface area (Å²) in [7, 11) is 1.74. The molecule has 0 aliphatic carbocycles. The minimum atomic E-state index is -0.0475. The summed E-state index contributed by atoms with van der Waals surface area (Å²) in [5.74, 6) is 1.89. The number of guanidine groups is 1. The first-order valence-corrected chi connectivity index (χ1v) is 7.82. The largest absolute Gasteiger partial charge is 0.356 e. The van der Waals surface area contributed by atoms with Gasteiger partial charge in [0.2, 0.25) is 11.7 Å². The Morgan fingerprint density at radius 2 is 1.92 bits per heavy atom. The van der Waals surface area contributed by atoms with E-state index in [1.54, 1.807) is 19.2 Å². The molecular weight excluding hydrogens is 441 g/mol. The van der Waals surface area contributed by atoms with Gasteiger partial charge in [-0.2, -0.15) is 4.98 Å². The molecule has 0 spiro atoms. The summed E-state index contributed by atoms with van der Waals surface area (Å²) in [6.07, 6.45) is 0.617. The molecule has 0 radical (unpaired) electrons.